The number of likely N-dealkylation sites (tertiary alicyclic amines) is 1. The van der Waals surface area contributed by atoms with Gasteiger partial charge in [0, 0.05) is 6.54 Å². The molecule has 2 heterocycles. The Balaban J connectivity index is 1.94. The van der Waals surface area contributed by atoms with Crippen LogP contribution in [0.15, 0.2) is 18.5 Å². The molecule has 3 rings (SSSR count). The Bertz CT molecular complexity index is 692. The van der Waals surface area contributed by atoms with Gasteiger partial charge in [0.15, 0.2) is 5.82 Å². The van der Waals surface area contributed by atoms with Crippen molar-refractivity contribution in [2.24, 2.45) is 0 Å². The standard InChI is InChI=1S/C14H13ClF2N4O/c15-11-9(16)5-4-8(12(11)17)14(22)21-6-2-1-3-10(21)13-18-7-19-20-13/h4-5,7,10H,1-3,6H2,(H,18,19,20)/t10-/m1/s1. The lowest BCUT2D eigenvalue weighted by Gasteiger charge is -2.34. The second kappa shape index (κ2) is 6.00. The van der Waals surface area contributed by atoms with E-state index in [1.807, 2.05) is 0 Å². The average Bonchev–Trinajstić information content (AvgIpc) is 3.06. The normalized spacial score (nSPS) is 18.5. The summed E-state index contributed by atoms with van der Waals surface area (Å²) >= 11 is 5.55. The van der Waals surface area contributed by atoms with Crippen molar-refractivity contribution < 1.29 is 13.6 Å². The number of hydrogen-bond acceptors (Lipinski definition) is 3. The third-order valence-electron chi connectivity index (χ3n) is 3.78. The van der Waals surface area contributed by atoms with Crippen LogP contribution in [0.5, 0.6) is 0 Å². The SMILES string of the molecule is O=C(c1ccc(F)c(Cl)c1F)N1CCCC[C@@H]1c1ncn[nH]1. The van der Waals surface area contributed by atoms with E-state index < -0.39 is 22.6 Å². The van der Waals surface area contributed by atoms with Crippen molar-refractivity contribution in [3.05, 3.63) is 46.5 Å². The number of H-pyrrole nitrogens is 1. The second-order valence-electron chi connectivity index (χ2n) is 5.10. The maximum absolute atomic E-state index is 14.1. The minimum absolute atomic E-state index is 0.238. The number of nitrogens with zero attached hydrogens (tertiary/aromatic N) is 3. The number of aromatic nitrogens is 3. The molecule has 1 fully saturated rings. The van der Waals surface area contributed by atoms with Crippen molar-refractivity contribution in [3.8, 4) is 0 Å². The molecule has 1 atom stereocenters. The summed E-state index contributed by atoms with van der Waals surface area (Å²) in [5, 5.41) is 5.86. The summed E-state index contributed by atoms with van der Waals surface area (Å²) in [6.45, 7) is 0.471. The van der Waals surface area contributed by atoms with Crippen LogP contribution in [0.2, 0.25) is 5.02 Å². The number of piperidine rings is 1. The number of carbonyl (C=O) groups is 1. The fraction of sp³-hybridized carbons (Fsp3) is 0.357. The lowest BCUT2D eigenvalue weighted by atomic mass is 10.00. The molecule has 2 aromatic rings. The summed E-state index contributed by atoms with van der Waals surface area (Å²) in [6, 6.07) is 1.81. The Labute approximate surface area is 130 Å². The van der Waals surface area contributed by atoms with Crippen LogP contribution in [0.3, 0.4) is 0 Å². The summed E-state index contributed by atoms with van der Waals surface area (Å²) in [5.41, 5.74) is -0.238. The van der Waals surface area contributed by atoms with Crippen LogP contribution in [0.25, 0.3) is 0 Å². The van der Waals surface area contributed by atoms with E-state index in [0.717, 1.165) is 25.0 Å². The van der Waals surface area contributed by atoms with E-state index >= 15 is 0 Å². The van der Waals surface area contributed by atoms with E-state index in [1.165, 1.54) is 11.2 Å². The van der Waals surface area contributed by atoms with Gasteiger partial charge in [0.2, 0.25) is 0 Å². The highest BCUT2D eigenvalue weighted by Gasteiger charge is 2.32. The van der Waals surface area contributed by atoms with Crippen molar-refractivity contribution in [3.63, 3.8) is 0 Å². The lowest BCUT2D eigenvalue weighted by molar-refractivity contribution is 0.0595. The monoisotopic (exact) mass is 326 g/mol. The first-order valence-electron chi connectivity index (χ1n) is 6.89. The first kappa shape index (κ1) is 14.9. The van der Waals surface area contributed by atoms with Crippen molar-refractivity contribution in [1.82, 2.24) is 20.1 Å². The quantitative estimate of drug-likeness (QED) is 0.863. The fourth-order valence-corrected chi connectivity index (χ4v) is 2.84. The summed E-state index contributed by atoms with van der Waals surface area (Å²) in [4.78, 5) is 18.2. The zero-order valence-electron chi connectivity index (χ0n) is 11.5. The Morgan fingerprint density at radius 2 is 2.18 bits per heavy atom. The van der Waals surface area contributed by atoms with E-state index in [2.05, 4.69) is 15.2 Å². The zero-order valence-corrected chi connectivity index (χ0v) is 12.3. The van der Waals surface area contributed by atoms with Gasteiger partial charge in [0.1, 0.15) is 23.0 Å². The van der Waals surface area contributed by atoms with Crippen LogP contribution in [-0.4, -0.2) is 32.5 Å². The highest BCUT2D eigenvalue weighted by Crippen LogP contribution is 2.31. The Hall–Kier alpha value is -2.02. The van der Waals surface area contributed by atoms with Crippen molar-refractivity contribution in [2.45, 2.75) is 25.3 Å². The average molecular weight is 327 g/mol. The maximum Gasteiger partial charge on any atom is 0.257 e. The highest BCUT2D eigenvalue weighted by molar-refractivity contribution is 6.31. The Morgan fingerprint density at radius 1 is 1.36 bits per heavy atom. The van der Waals surface area contributed by atoms with Gasteiger partial charge in [-0.05, 0) is 31.4 Å². The molecule has 0 radical (unpaired) electrons. The van der Waals surface area contributed by atoms with Crippen molar-refractivity contribution >= 4 is 17.5 Å². The van der Waals surface area contributed by atoms with Gasteiger partial charge in [-0.1, -0.05) is 11.6 Å². The van der Waals surface area contributed by atoms with E-state index in [4.69, 9.17) is 11.6 Å². The number of benzene rings is 1. The van der Waals surface area contributed by atoms with Gasteiger partial charge in [-0.2, -0.15) is 5.10 Å². The molecule has 0 aliphatic carbocycles. The predicted molar refractivity (Wildman–Crippen MR) is 75.4 cm³/mol. The number of halogens is 3. The molecule has 8 heteroatoms. The lowest BCUT2D eigenvalue weighted by Crippen LogP contribution is -2.39. The molecule has 116 valence electrons. The summed E-state index contributed by atoms with van der Waals surface area (Å²) in [5.74, 6) is -1.89. The summed E-state index contributed by atoms with van der Waals surface area (Å²) in [6.07, 6.45) is 3.81. The van der Waals surface area contributed by atoms with Gasteiger partial charge in [0.05, 0.1) is 11.6 Å². The van der Waals surface area contributed by atoms with Crippen LogP contribution >= 0.6 is 11.6 Å². The minimum Gasteiger partial charge on any atom is -0.328 e. The molecule has 0 unspecified atom stereocenters. The van der Waals surface area contributed by atoms with Crippen LogP contribution in [0, 0.1) is 11.6 Å². The molecule has 0 saturated carbocycles. The van der Waals surface area contributed by atoms with E-state index in [0.29, 0.717) is 18.8 Å². The Kier molecular flexibility index (Phi) is 4.06. The van der Waals surface area contributed by atoms with Gasteiger partial charge in [-0.3, -0.25) is 9.89 Å². The number of amides is 1. The number of carbonyl (C=O) groups excluding carboxylic acids is 1. The van der Waals surface area contributed by atoms with Gasteiger partial charge < -0.3 is 4.90 Å². The van der Waals surface area contributed by atoms with Crippen LogP contribution in [-0.2, 0) is 0 Å². The van der Waals surface area contributed by atoms with Crippen LogP contribution in [0.4, 0.5) is 8.78 Å². The third-order valence-corrected chi connectivity index (χ3v) is 4.13. The first-order chi connectivity index (χ1) is 10.6. The molecule has 0 spiro atoms. The van der Waals surface area contributed by atoms with E-state index in [-0.39, 0.29) is 11.6 Å². The summed E-state index contributed by atoms with van der Waals surface area (Å²) < 4.78 is 27.3. The van der Waals surface area contributed by atoms with Crippen molar-refractivity contribution in [1.29, 1.82) is 0 Å². The van der Waals surface area contributed by atoms with E-state index in [1.54, 1.807) is 0 Å². The number of nitrogens with one attached hydrogen (secondary N) is 1. The first-order valence-corrected chi connectivity index (χ1v) is 7.27. The second-order valence-corrected chi connectivity index (χ2v) is 5.48. The molecule has 0 bridgehead atoms. The molecule has 5 nitrogen and oxygen atoms in total. The molecule has 1 amide bonds. The highest BCUT2D eigenvalue weighted by atomic mass is 35.5. The molecule has 22 heavy (non-hydrogen) atoms. The zero-order chi connectivity index (χ0) is 15.7. The maximum atomic E-state index is 14.1. The number of rotatable bonds is 2. The van der Waals surface area contributed by atoms with Gasteiger partial charge in [-0.15, -0.1) is 0 Å². The largest absolute Gasteiger partial charge is 0.328 e. The van der Waals surface area contributed by atoms with Crippen LogP contribution < -0.4 is 0 Å². The molecular weight excluding hydrogens is 314 g/mol. The van der Waals surface area contributed by atoms with Gasteiger partial charge in [0.25, 0.3) is 5.91 Å². The van der Waals surface area contributed by atoms with Gasteiger partial charge in [-0.25, -0.2) is 13.8 Å². The molecule has 1 aromatic carbocycles. The predicted octanol–water partition coefficient (Wildman–Crippen LogP) is 3.10. The molecular formula is C14H13ClF2N4O. The Morgan fingerprint density at radius 3 is 2.91 bits per heavy atom. The topological polar surface area (TPSA) is 61.9 Å². The molecule has 1 aliphatic heterocycles. The minimum atomic E-state index is -1.03. The van der Waals surface area contributed by atoms with Crippen molar-refractivity contribution in [2.75, 3.05) is 6.54 Å². The summed E-state index contributed by atoms with van der Waals surface area (Å²) in [7, 11) is 0. The van der Waals surface area contributed by atoms with Crippen LogP contribution in [0.1, 0.15) is 41.5 Å². The molecule has 1 aromatic heterocycles. The number of hydrogen-bond donors (Lipinski definition) is 1. The molecule has 1 saturated heterocycles. The number of aromatic amines is 1. The van der Waals surface area contributed by atoms with E-state index in [9.17, 15) is 13.6 Å². The smallest absolute Gasteiger partial charge is 0.257 e. The fourth-order valence-electron chi connectivity index (χ4n) is 2.68. The molecule has 1 aliphatic rings. The van der Waals surface area contributed by atoms with Gasteiger partial charge >= 0.3 is 0 Å². The molecule has 1 N–H and O–H groups in total. The third kappa shape index (κ3) is 2.56.